The van der Waals surface area contributed by atoms with Crippen LogP contribution in [0.1, 0.15) is 5.56 Å². The number of hydrogen-bond acceptors (Lipinski definition) is 2. The molecule has 0 aliphatic rings. The summed E-state index contributed by atoms with van der Waals surface area (Å²) in [6, 6.07) is 17.7. The van der Waals surface area contributed by atoms with E-state index < -0.39 is 0 Å². The molecule has 0 fully saturated rings. The second kappa shape index (κ2) is 5.17. The van der Waals surface area contributed by atoms with Gasteiger partial charge in [0.15, 0.2) is 0 Å². The number of aliphatic imine (C=N–C) groups is 1. The molecule has 0 bridgehead atoms. The molecule has 0 atom stereocenters. The van der Waals surface area contributed by atoms with Crippen molar-refractivity contribution >= 4 is 20.0 Å². The van der Waals surface area contributed by atoms with E-state index in [1.165, 1.54) is 0 Å². The Hall–Kier alpha value is -2.03. The van der Waals surface area contributed by atoms with Crippen LogP contribution >= 0.6 is 0 Å². The first-order chi connectivity index (χ1) is 7.90. The minimum absolute atomic E-state index is 0.787. The van der Waals surface area contributed by atoms with E-state index in [1.807, 2.05) is 60.8 Å². The fourth-order valence-electron chi connectivity index (χ4n) is 1.42. The largest absolute Gasteiger partial charge is 0.566 e. The quantitative estimate of drug-likeness (QED) is 0.561. The van der Waals surface area contributed by atoms with Gasteiger partial charge in [-0.2, -0.15) is 0 Å². The molecule has 0 saturated heterocycles. The first kappa shape index (κ1) is 10.5. The molecule has 0 saturated carbocycles. The highest BCUT2D eigenvalue weighted by molar-refractivity contribution is 6.00. The van der Waals surface area contributed by atoms with Gasteiger partial charge < -0.3 is 4.65 Å². The Kier molecular flexibility index (Phi) is 3.39. The van der Waals surface area contributed by atoms with E-state index in [9.17, 15) is 0 Å². The zero-order chi connectivity index (χ0) is 11.2. The monoisotopic (exact) mass is 209 g/mol. The van der Waals surface area contributed by atoms with Crippen molar-refractivity contribution in [3.8, 4) is 5.75 Å². The van der Waals surface area contributed by atoms with Gasteiger partial charge >= 0.3 is 8.05 Å². The van der Waals surface area contributed by atoms with Gasteiger partial charge in [-0.05, 0) is 17.7 Å². The van der Waals surface area contributed by atoms with Crippen molar-refractivity contribution in [3.05, 3.63) is 60.2 Å². The molecule has 0 spiro atoms. The summed E-state index contributed by atoms with van der Waals surface area (Å²) in [7, 11) is 1.65. The van der Waals surface area contributed by atoms with Crippen molar-refractivity contribution in [2.24, 2.45) is 4.99 Å². The Morgan fingerprint density at radius 1 is 0.938 bits per heavy atom. The fourth-order valence-corrected chi connectivity index (χ4v) is 1.42. The highest BCUT2D eigenvalue weighted by atomic mass is 16.4. The highest BCUT2D eigenvalue weighted by Crippen LogP contribution is 2.25. The molecular weight excluding hydrogens is 197 g/mol. The van der Waals surface area contributed by atoms with E-state index in [0.29, 0.717) is 0 Å². The second-order valence-electron chi connectivity index (χ2n) is 3.34. The zero-order valence-electron chi connectivity index (χ0n) is 9.13. The third kappa shape index (κ3) is 2.51. The number of hydrogen-bond donors (Lipinski definition) is 0. The van der Waals surface area contributed by atoms with Crippen molar-refractivity contribution in [2.45, 2.75) is 0 Å². The summed E-state index contributed by atoms with van der Waals surface area (Å²) in [6.45, 7) is 0. The van der Waals surface area contributed by atoms with Gasteiger partial charge in [0.05, 0.1) is 0 Å². The van der Waals surface area contributed by atoms with Crippen molar-refractivity contribution < 1.29 is 4.65 Å². The van der Waals surface area contributed by atoms with Crippen molar-refractivity contribution in [2.75, 3.05) is 0 Å². The Labute approximate surface area is 96.0 Å². The topological polar surface area (TPSA) is 21.6 Å². The van der Waals surface area contributed by atoms with Gasteiger partial charge in [0.1, 0.15) is 11.4 Å². The Bertz CT molecular complexity index is 482. The van der Waals surface area contributed by atoms with E-state index in [-0.39, 0.29) is 0 Å². The van der Waals surface area contributed by atoms with Gasteiger partial charge in [-0.25, -0.2) is 0 Å². The normalized spacial score (nSPS) is 10.5. The zero-order valence-corrected chi connectivity index (χ0v) is 9.13. The molecule has 2 nitrogen and oxygen atoms in total. The molecule has 0 amide bonds. The molecule has 2 rings (SSSR count). The van der Waals surface area contributed by atoms with Gasteiger partial charge in [0.25, 0.3) is 0 Å². The molecule has 16 heavy (non-hydrogen) atoms. The first-order valence-corrected chi connectivity index (χ1v) is 5.12. The van der Waals surface area contributed by atoms with Crippen LogP contribution in [-0.4, -0.2) is 14.3 Å². The lowest BCUT2D eigenvalue weighted by Crippen LogP contribution is -1.85. The summed E-state index contributed by atoms with van der Waals surface area (Å²) in [4.78, 5) is 4.40. The molecular formula is C13H12BNO. The molecule has 0 unspecified atom stereocenters. The molecule has 3 heteroatoms. The molecule has 0 aliphatic heterocycles. The van der Waals surface area contributed by atoms with Crippen molar-refractivity contribution in [1.29, 1.82) is 0 Å². The van der Waals surface area contributed by atoms with Crippen LogP contribution in [0.5, 0.6) is 5.75 Å². The fraction of sp³-hybridized carbons (Fsp3) is 0. The molecule has 0 aromatic heterocycles. The molecule has 2 aromatic carbocycles. The van der Waals surface area contributed by atoms with Gasteiger partial charge in [-0.1, -0.05) is 42.5 Å². The van der Waals surface area contributed by atoms with Crippen molar-refractivity contribution in [1.82, 2.24) is 0 Å². The maximum atomic E-state index is 5.22. The van der Waals surface area contributed by atoms with Crippen molar-refractivity contribution in [3.63, 3.8) is 0 Å². The third-order valence-corrected chi connectivity index (χ3v) is 2.24. The summed E-state index contributed by atoms with van der Waals surface area (Å²) in [5.41, 5.74) is 1.92. The van der Waals surface area contributed by atoms with Gasteiger partial charge in [0, 0.05) is 6.21 Å². The van der Waals surface area contributed by atoms with E-state index in [1.54, 1.807) is 8.05 Å². The second-order valence-corrected chi connectivity index (χ2v) is 3.34. The smallest absolute Gasteiger partial charge is 0.322 e. The number of benzene rings is 2. The summed E-state index contributed by atoms with van der Waals surface area (Å²) < 4.78 is 5.22. The maximum absolute atomic E-state index is 5.22. The molecule has 0 heterocycles. The molecule has 2 aromatic rings. The Morgan fingerprint density at radius 3 is 2.38 bits per heavy atom. The highest BCUT2D eigenvalue weighted by Gasteiger charge is 1.96. The summed E-state index contributed by atoms with van der Waals surface area (Å²) >= 11 is 0. The number of rotatable bonds is 3. The minimum atomic E-state index is 0.787. The van der Waals surface area contributed by atoms with E-state index in [4.69, 9.17) is 4.65 Å². The molecule has 0 aliphatic carbocycles. The van der Waals surface area contributed by atoms with Crippen LogP contribution in [0.15, 0.2) is 59.6 Å². The van der Waals surface area contributed by atoms with Gasteiger partial charge in [-0.3, -0.25) is 4.99 Å². The van der Waals surface area contributed by atoms with Crippen LogP contribution in [0, 0.1) is 0 Å². The minimum Gasteiger partial charge on any atom is -0.566 e. The lowest BCUT2D eigenvalue weighted by atomic mass is 10.2. The first-order valence-electron chi connectivity index (χ1n) is 5.12. The lowest BCUT2D eigenvalue weighted by Gasteiger charge is -2.03. The van der Waals surface area contributed by atoms with Crippen LogP contribution in [0.2, 0.25) is 0 Å². The average molecular weight is 209 g/mol. The summed E-state index contributed by atoms with van der Waals surface area (Å²) in [6.07, 6.45) is 1.83. The third-order valence-electron chi connectivity index (χ3n) is 2.24. The van der Waals surface area contributed by atoms with E-state index in [2.05, 4.69) is 4.99 Å². The van der Waals surface area contributed by atoms with Crippen LogP contribution in [0.25, 0.3) is 0 Å². The van der Waals surface area contributed by atoms with Crippen LogP contribution in [0.4, 0.5) is 5.69 Å². The predicted molar refractivity (Wildman–Crippen MR) is 69.3 cm³/mol. The summed E-state index contributed by atoms with van der Waals surface area (Å²) in [5.74, 6) is 0.787. The van der Waals surface area contributed by atoms with E-state index >= 15 is 0 Å². The average Bonchev–Trinajstić information content (AvgIpc) is 2.38. The van der Waals surface area contributed by atoms with Gasteiger partial charge in [0.2, 0.25) is 0 Å². The maximum Gasteiger partial charge on any atom is 0.322 e. The lowest BCUT2D eigenvalue weighted by molar-refractivity contribution is 0.618. The SMILES string of the molecule is BOc1ccccc1/N=C/c1ccccc1. The van der Waals surface area contributed by atoms with Crippen LogP contribution < -0.4 is 4.65 Å². The Balaban J connectivity index is 2.24. The standard InChI is InChI=1S/C13H12BNO/c14-16-13-9-5-4-8-12(13)15-10-11-6-2-1-3-7-11/h1-10H,14H2/b15-10+. The van der Waals surface area contributed by atoms with Crippen LogP contribution in [-0.2, 0) is 0 Å². The number of para-hydroxylation sites is 2. The number of nitrogens with zero attached hydrogens (tertiary/aromatic N) is 1. The molecule has 78 valence electrons. The van der Waals surface area contributed by atoms with E-state index in [0.717, 1.165) is 17.0 Å². The Morgan fingerprint density at radius 2 is 1.62 bits per heavy atom. The van der Waals surface area contributed by atoms with Gasteiger partial charge in [-0.15, -0.1) is 0 Å². The summed E-state index contributed by atoms with van der Waals surface area (Å²) in [5, 5.41) is 0. The predicted octanol–water partition coefficient (Wildman–Crippen LogP) is 2.36. The van der Waals surface area contributed by atoms with Crippen LogP contribution in [0.3, 0.4) is 0 Å². The molecule has 0 radical (unpaired) electrons. The molecule has 0 N–H and O–H groups in total.